The molecule has 0 atom stereocenters. The smallest absolute Gasteiger partial charge is 0.198 e. The first-order valence-corrected chi connectivity index (χ1v) is 5.55. The van der Waals surface area contributed by atoms with Crippen LogP contribution >= 0.6 is 28.1 Å². The van der Waals surface area contributed by atoms with Gasteiger partial charge >= 0.3 is 0 Å². The van der Waals surface area contributed by atoms with Crippen LogP contribution in [-0.4, -0.2) is 30.4 Å². The predicted octanol–water partition coefficient (Wildman–Crippen LogP) is 2.74. The maximum Gasteiger partial charge on any atom is 0.198 e. The van der Waals surface area contributed by atoms with E-state index in [1.165, 1.54) is 0 Å². The maximum atomic E-state index is 5.05. The molecule has 0 aliphatic rings. The average molecular weight is 286 g/mol. The Balaban J connectivity index is 2.59. The van der Waals surface area contributed by atoms with Gasteiger partial charge in [-0.25, -0.2) is 4.99 Å². The van der Waals surface area contributed by atoms with Gasteiger partial charge in [-0.15, -0.1) is 0 Å². The lowest BCUT2D eigenvalue weighted by molar-refractivity contribution is 0.644. The summed E-state index contributed by atoms with van der Waals surface area (Å²) >= 11 is 8.43. The minimum atomic E-state index is 0.446. The van der Waals surface area contributed by atoms with Crippen molar-refractivity contribution in [3.05, 3.63) is 28.7 Å². The minimum Gasteiger partial charge on any atom is -0.369 e. The lowest BCUT2D eigenvalue weighted by Gasteiger charge is -2.06. The fourth-order valence-corrected chi connectivity index (χ4v) is 1.45. The molecule has 0 radical (unpaired) electrons. The Labute approximate surface area is 103 Å². The number of benzene rings is 1. The molecule has 0 unspecified atom stereocenters. The molecule has 0 spiro atoms. The van der Waals surface area contributed by atoms with Crippen molar-refractivity contribution in [1.82, 2.24) is 4.90 Å². The Morgan fingerprint density at radius 3 is 2.87 bits per heavy atom. The molecule has 1 aromatic rings. The van der Waals surface area contributed by atoms with Gasteiger partial charge in [0.1, 0.15) is 0 Å². The first-order valence-electron chi connectivity index (χ1n) is 4.35. The molecule has 0 aromatic heterocycles. The number of thiocarbonyl (C=S) groups is 1. The number of nitrogens with one attached hydrogen (secondary N) is 1. The highest BCUT2D eigenvalue weighted by Crippen LogP contribution is 2.15. The number of hydrogen-bond acceptors (Lipinski definition) is 1. The van der Waals surface area contributed by atoms with Gasteiger partial charge in [-0.1, -0.05) is 22.0 Å². The fraction of sp³-hybridized carbons (Fsp3) is 0.200. The largest absolute Gasteiger partial charge is 0.369 e. The summed E-state index contributed by atoms with van der Waals surface area (Å²) in [7, 11) is 3.79. The van der Waals surface area contributed by atoms with E-state index in [9.17, 15) is 0 Å². The van der Waals surface area contributed by atoms with Gasteiger partial charge in [0.25, 0.3) is 0 Å². The van der Waals surface area contributed by atoms with Gasteiger partial charge in [0.2, 0.25) is 0 Å². The molecule has 0 saturated heterocycles. The molecule has 0 aliphatic carbocycles. The molecule has 0 saturated carbocycles. The zero-order chi connectivity index (χ0) is 11.3. The first-order chi connectivity index (χ1) is 7.08. The zero-order valence-corrected chi connectivity index (χ0v) is 11.0. The van der Waals surface area contributed by atoms with Crippen molar-refractivity contribution in [3.63, 3.8) is 0 Å². The van der Waals surface area contributed by atoms with E-state index in [0.717, 1.165) is 10.2 Å². The third-order valence-electron chi connectivity index (χ3n) is 1.48. The highest BCUT2D eigenvalue weighted by molar-refractivity contribution is 9.10. The van der Waals surface area contributed by atoms with E-state index in [0.29, 0.717) is 5.11 Å². The second-order valence-corrected chi connectivity index (χ2v) is 4.45. The molecule has 0 amide bonds. The number of anilines is 1. The highest BCUT2D eigenvalue weighted by atomic mass is 79.9. The molecule has 0 aliphatic heterocycles. The molecule has 1 rings (SSSR count). The second kappa shape index (κ2) is 5.82. The van der Waals surface area contributed by atoms with Crippen LogP contribution in [0.3, 0.4) is 0 Å². The van der Waals surface area contributed by atoms with Crippen LogP contribution in [0, 0.1) is 0 Å². The predicted molar refractivity (Wildman–Crippen MR) is 72.5 cm³/mol. The number of rotatable bonds is 2. The summed E-state index contributed by atoms with van der Waals surface area (Å²) in [5.74, 6) is 0. The molecule has 5 heteroatoms. The maximum absolute atomic E-state index is 5.05. The van der Waals surface area contributed by atoms with Crippen LogP contribution < -0.4 is 5.32 Å². The summed E-state index contributed by atoms with van der Waals surface area (Å²) in [6, 6.07) is 7.77. The second-order valence-electron chi connectivity index (χ2n) is 3.15. The Bertz CT molecular complexity index is 377. The Morgan fingerprint density at radius 1 is 1.53 bits per heavy atom. The van der Waals surface area contributed by atoms with Crippen LogP contribution in [0.1, 0.15) is 0 Å². The van der Waals surface area contributed by atoms with Gasteiger partial charge in [0, 0.05) is 24.3 Å². The standard InChI is InChI=1S/C10H12BrN3S/c1-14(2)7-12-10(15)13-9-5-3-4-8(11)6-9/h3-7H,1-2H3,(H,13,15)/b12-7+. The SMILES string of the molecule is CN(C)/C=N/C(=S)Nc1cccc(Br)c1. The Hall–Kier alpha value is -0.940. The van der Waals surface area contributed by atoms with Crippen LogP contribution in [-0.2, 0) is 0 Å². The molecular formula is C10H12BrN3S. The third kappa shape index (κ3) is 4.90. The van der Waals surface area contributed by atoms with E-state index < -0.39 is 0 Å². The van der Waals surface area contributed by atoms with E-state index in [1.807, 2.05) is 43.3 Å². The number of nitrogens with zero attached hydrogens (tertiary/aromatic N) is 2. The van der Waals surface area contributed by atoms with Crippen LogP contribution in [0.4, 0.5) is 5.69 Å². The molecule has 80 valence electrons. The number of hydrogen-bond donors (Lipinski definition) is 1. The quantitative estimate of drug-likeness (QED) is 0.514. The normalized spacial score (nSPS) is 10.3. The third-order valence-corrected chi connectivity index (χ3v) is 2.18. The molecule has 0 fully saturated rings. The van der Waals surface area contributed by atoms with E-state index in [1.54, 1.807) is 6.34 Å². The van der Waals surface area contributed by atoms with Gasteiger partial charge < -0.3 is 10.2 Å². The van der Waals surface area contributed by atoms with Crippen molar-refractivity contribution >= 4 is 45.3 Å². The van der Waals surface area contributed by atoms with Crippen LogP contribution in [0.5, 0.6) is 0 Å². The molecular weight excluding hydrogens is 274 g/mol. The molecule has 0 heterocycles. The van der Waals surface area contributed by atoms with Crippen LogP contribution in [0.2, 0.25) is 0 Å². The molecule has 1 aromatic carbocycles. The van der Waals surface area contributed by atoms with Gasteiger partial charge in [0.05, 0.1) is 6.34 Å². The summed E-state index contributed by atoms with van der Waals surface area (Å²) in [5.41, 5.74) is 0.922. The lowest BCUT2D eigenvalue weighted by Crippen LogP contribution is -2.12. The van der Waals surface area contributed by atoms with Gasteiger partial charge in [-0.05, 0) is 30.4 Å². The summed E-state index contributed by atoms with van der Waals surface area (Å²) in [6.45, 7) is 0. The Morgan fingerprint density at radius 2 is 2.27 bits per heavy atom. The van der Waals surface area contributed by atoms with Crippen molar-refractivity contribution in [1.29, 1.82) is 0 Å². The molecule has 3 nitrogen and oxygen atoms in total. The minimum absolute atomic E-state index is 0.446. The van der Waals surface area contributed by atoms with Gasteiger partial charge in [0.15, 0.2) is 5.11 Å². The molecule has 15 heavy (non-hydrogen) atoms. The number of halogens is 1. The first kappa shape index (κ1) is 12.1. The van der Waals surface area contributed by atoms with Crippen molar-refractivity contribution < 1.29 is 0 Å². The molecule has 0 bridgehead atoms. The average Bonchev–Trinajstić information content (AvgIpc) is 2.15. The number of aliphatic imine (C=N–C) groups is 1. The topological polar surface area (TPSA) is 27.6 Å². The lowest BCUT2D eigenvalue weighted by atomic mass is 10.3. The van der Waals surface area contributed by atoms with Crippen molar-refractivity contribution in [2.24, 2.45) is 4.99 Å². The van der Waals surface area contributed by atoms with Crippen LogP contribution in [0.25, 0.3) is 0 Å². The summed E-state index contributed by atoms with van der Waals surface area (Å²) < 4.78 is 1.01. The summed E-state index contributed by atoms with van der Waals surface area (Å²) in [4.78, 5) is 5.88. The van der Waals surface area contributed by atoms with Crippen molar-refractivity contribution in [2.75, 3.05) is 19.4 Å². The van der Waals surface area contributed by atoms with Crippen LogP contribution in [0.15, 0.2) is 33.7 Å². The Kier molecular flexibility index (Phi) is 4.71. The van der Waals surface area contributed by atoms with E-state index in [2.05, 4.69) is 26.2 Å². The zero-order valence-electron chi connectivity index (χ0n) is 8.57. The highest BCUT2D eigenvalue weighted by Gasteiger charge is 1.95. The van der Waals surface area contributed by atoms with Gasteiger partial charge in [-0.2, -0.15) is 0 Å². The van der Waals surface area contributed by atoms with Crippen molar-refractivity contribution in [2.45, 2.75) is 0 Å². The van der Waals surface area contributed by atoms with E-state index >= 15 is 0 Å². The van der Waals surface area contributed by atoms with Gasteiger partial charge in [-0.3, -0.25) is 0 Å². The monoisotopic (exact) mass is 285 g/mol. The molecule has 1 N–H and O–H groups in total. The summed E-state index contributed by atoms with van der Waals surface area (Å²) in [5, 5.41) is 3.46. The van der Waals surface area contributed by atoms with Crippen molar-refractivity contribution in [3.8, 4) is 0 Å². The summed E-state index contributed by atoms with van der Waals surface area (Å²) in [6.07, 6.45) is 1.66. The van der Waals surface area contributed by atoms with E-state index in [4.69, 9.17) is 12.2 Å². The van der Waals surface area contributed by atoms with E-state index in [-0.39, 0.29) is 0 Å². The fourth-order valence-electron chi connectivity index (χ4n) is 0.890.